The van der Waals surface area contributed by atoms with Gasteiger partial charge in [0.05, 0.1) is 55.4 Å². The molecule has 0 radical (unpaired) electrons. The number of rotatable bonds is 18. The molecule has 1 saturated carbocycles. The van der Waals surface area contributed by atoms with Crippen LogP contribution in [-0.2, 0) is 76.6 Å². The highest BCUT2D eigenvalue weighted by Crippen LogP contribution is 2.40. The summed E-state index contributed by atoms with van der Waals surface area (Å²) in [4.78, 5) is 133. The van der Waals surface area contributed by atoms with Gasteiger partial charge < -0.3 is 83.8 Å². The number of aromatic nitrogens is 7. The van der Waals surface area contributed by atoms with Crippen LogP contribution in [0.1, 0.15) is 165 Å². The van der Waals surface area contributed by atoms with Gasteiger partial charge in [-0.05, 0) is 167 Å². The molecule has 0 unspecified atom stereocenters. The van der Waals surface area contributed by atoms with Crippen molar-refractivity contribution in [1.82, 2.24) is 59.2 Å². The Hall–Kier alpha value is -9.93. The van der Waals surface area contributed by atoms with Crippen LogP contribution in [0.25, 0.3) is 33.4 Å². The lowest BCUT2D eigenvalue weighted by Crippen LogP contribution is -2.61. The summed E-state index contributed by atoms with van der Waals surface area (Å²) in [5, 5.41) is 29.5. The van der Waals surface area contributed by atoms with Gasteiger partial charge in [0, 0.05) is 136 Å². The molecule has 124 heavy (non-hydrogen) atoms. The number of carbonyl (C=O) groups is 7. The van der Waals surface area contributed by atoms with Gasteiger partial charge in [-0.3, -0.25) is 28.9 Å². The van der Waals surface area contributed by atoms with Gasteiger partial charge in [0.2, 0.25) is 17.6 Å². The number of ether oxygens (including phenoxy) is 7. The number of cyclic esters (lactones) is 1. The van der Waals surface area contributed by atoms with E-state index in [1.807, 2.05) is 98.9 Å². The molecule has 7 aliphatic rings. The molecule has 10 heterocycles. The van der Waals surface area contributed by atoms with Crippen LogP contribution in [0.2, 0.25) is 0 Å². The summed E-state index contributed by atoms with van der Waals surface area (Å²) in [6, 6.07) is 10.8. The van der Waals surface area contributed by atoms with Crippen LogP contribution >= 0.6 is 0 Å². The van der Waals surface area contributed by atoms with Crippen LogP contribution in [0.4, 0.5) is 22.6 Å². The van der Waals surface area contributed by atoms with Gasteiger partial charge in [-0.1, -0.05) is 89.3 Å². The number of oxazole rings is 1. The van der Waals surface area contributed by atoms with Gasteiger partial charge in [-0.25, -0.2) is 34.2 Å². The number of amides is 4. The molecule has 15 atom stereocenters. The molecule has 2 aromatic carbocycles. The minimum Gasteiger partial charge on any atom is -0.461 e. The van der Waals surface area contributed by atoms with Crippen molar-refractivity contribution in [2.75, 3.05) is 123 Å². The van der Waals surface area contributed by atoms with E-state index in [0.29, 0.717) is 206 Å². The summed E-state index contributed by atoms with van der Waals surface area (Å²) in [6.07, 6.45) is 18.2. The van der Waals surface area contributed by atoms with Gasteiger partial charge in [0.1, 0.15) is 53.8 Å². The largest absolute Gasteiger partial charge is 0.461 e. The summed E-state index contributed by atoms with van der Waals surface area (Å²) in [5.74, 6) is -6.11. The fraction of sp³-hybridized carbons (Fsp3) is 0.598. The standard InChI is InChI=1S/C92H125N15O17/c1-56-16-12-11-13-17-58(3)75(117-8)50-69-25-20-62(7)92(116,124-69)83(111)87(113)106-31-15-14-18-71(106)88(114)121-72(26-19-57(2)45-61(6)81(110)82(119-10)80(109)60(5)44-56)59(4)46-63-22-27-74(76(48-63)118-9)123-91(115)104-39-37-102(38-40-104)77(108)30-42-120-43-41-101-33-35-103(36-34-101)90-95-51-68(52-96-90)86(112)105-32-29-65-47-64(21-23-67(65)54-105)53-107-85-78(84(93)97-55-98-85)79(100-107)66-24-28-73-70(49-66)99-89(94)122-73/h11-13,16-17,21,23-24,28,45,47,49,51-52,55-57,59-60,62-63,69,71-72,74-76,81-82,110,116H,14-15,18-20,22,25-27,29-44,46,48,50,53-54H2,1-10H3,(H2,94,99)(H2,93,97,98)/b13-11+,16-12+,58-17+,61-45+/t56-,57+,59-,60-,62-,63+,69+,71+,72+,74-,75+,76-,81-,82+,92-/m1/s1. The quantitative estimate of drug-likeness (QED) is 0.0269. The Morgan fingerprint density at radius 1 is 0.734 bits per heavy atom. The molecule has 670 valence electrons. The predicted octanol–water partition coefficient (Wildman–Crippen LogP) is 9.67. The van der Waals surface area contributed by atoms with Crippen LogP contribution in [0, 0.1) is 35.5 Å². The number of nitrogen functional groups attached to an aromatic ring is 2. The van der Waals surface area contributed by atoms with E-state index in [-0.39, 0.29) is 73.3 Å². The first kappa shape index (κ1) is 91.8. The number of anilines is 3. The maximum atomic E-state index is 14.9. The van der Waals surface area contributed by atoms with E-state index in [9.17, 15) is 43.8 Å². The fourth-order valence-corrected chi connectivity index (χ4v) is 18.8. The number of carbonyl (C=O) groups excluding carboxylic acids is 7. The van der Waals surface area contributed by atoms with Crippen molar-refractivity contribution in [3.63, 3.8) is 0 Å². The number of benzene rings is 2. The first-order chi connectivity index (χ1) is 59.7. The van der Waals surface area contributed by atoms with Crippen molar-refractivity contribution in [1.29, 1.82) is 0 Å². The van der Waals surface area contributed by atoms with E-state index in [2.05, 4.69) is 46.9 Å². The number of fused-ring (bicyclic) bond motifs is 6. The Bertz CT molecular complexity index is 4860. The number of piperazine rings is 2. The minimum absolute atomic E-state index is 0.0248. The number of nitrogens with zero attached hydrogens (tertiary/aromatic N) is 13. The number of ketones is 2. The maximum Gasteiger partial charge on any atom is 0.410 e. The normalized spacial score (nSPS) is 29.0. The molecular formula is C92H125N15O17. The van der Waals surface area contributed by atoms with Crippen molar-refractivity contribution < 1.29 is 81.4 Å². The Balaban J connectivity index is 0.541. The van der Waals surface area contributed by atoms with Crippen molar-refractivity contribution >= 4 is 81.3 Å². The number of piperidine rings is 1. The number of methoxy groups -OCH3 is 3. The van der Waals surface area contributed by atoms with Crippen LogP contribution in [0.3, 0.4) is 0 Å². The lowest BCUT2D eigenvalue weighted by atomic mass is 9.78. The fourth-order valence-electron chi connectivity index (χ4n) is 18.8. The lowest BCUT2D eigenvalue weighted by molar-refractivity contribution is -0.265. The van der Waals surface area contributed by atoms with Gasteiger partial charge in [-0.2, -0.15) is 10.1 Å². The first-order valence-corrected chi connectivity index (χ1v) is 44.3. The zero-order valence-electron chi connectivity index (χ0n) is 73.4. The zero-order valence-corrected chi connectivity index (χ0v) is 73.4. The van der Waals surface area contributed by atoms with E-state index >= 15 is 0 Å². The van der Waals surface area contributed by atoms with Crippen LogP contribution in [-0.4, -0.2) is 272 Å². The summed E-state index contributed by atoms with van der Waals surface area (Å²) < 4.78 is 50.0. The second-order valence-corrected chi connectivity index (χ2v) is 35.1. The molecule has 6 N–H and O–H groups in total. The third-order valence-electron chi connectivity index (χ3n) is 26.3. The molecule has 0 spiro atoms. The van der Waals surface area contributed by atoms with E-state index in [1.54, 1.807) is 56.3 Å². The Labute approximate surface area is 725 Å². The Morgan fingerprint density at radius 2 is 1.51 bits per heavy atom. The minimum atomic E-state index is -2.44. The van der Waals surface area contributed by atoms with E-state index in [0.717, 1.165) is 40.9 Å². The average Bonchev–Trinajstić information content (AvgIpc) is 1.53. The van der Waals surface area contributed by atoms with Gasteiger partial charge in [0.25, 0.3) is 23.6 Å². The number of aliphatic hydroxyl groups is 2. The number of allylic oxidation sites excluding steroid dienone is 6. The molecule has 32 heteroatoms. The molecule has 6 aromatic rings. The number of esters is 1. The lowest BCUT2D eigenvalue weighted by Gasteiger charge is -2.42. The summed E-state index contributed by atoms with van der Waals surface area (Å²) in [6.45, 7) is 20.5. The van der Waals surface area contributed by atoms with E-state index in [4.69, 9.17) is 54.1 Å². The number of nitrogens with two attached hydrogens (primary N) is 2. The highest BCUT2D eigenvalue weighted by Gasteiger charge is 2.53. The molecule has 32 nitrogen and oxygen atoms in total. The van der Waals surface area contributed by atoms with Crippen molar-refractivity contribution in [3.8, 4) is 11.3 Å². The zero-order chi connectivity index (χ0) is 88.0. The van der Waals surface area contributed by atoms with Crippen molar-refractivity contribution in [2.24, 2.45) is 35.5 Å². The predicted molar refractivity (Wildman–Crippen MR) is 464 cm³/mol. The van der Waals surface area contributed by atoms with Gasteiger partial charge >= 0.3 is 12.1 Å². The average molecular weight is 1710 g/mol. The van der Waals surface area contributed by atoms with Crippen molar-refractivity contribution in [3.05, 3.63) is 125 Å². The number of Topliss-reactive ketones (excluding diaryl/α,β-unsaturated/α-hetero) is 2. The highest BCUT2D eigenvalue weighted by atomic mass is 16.6. The second kappa shape index (κ2) is 41.9. The molecule has 4 amide bonds. The number of aliphatic hydroxyl groups excluding tert-OH is 1. The summed E-state index contributed by atoms with van der Waals surface area (Å²) in [7, 11) is 4.63. The summed E-state index contributed by atoms with van der Waals surface area (Å²) >= 11 is 0. The highest BCUT2D eigenvalue weighted by molar-refractivity contribution is 6.39. The third kappa shape index (κ3) is 22.1. The second-order valence-electron chi connectivity index (χ2n) is 35.1. The van der Waals surface area contributed by atoms with Gasteiger partial charge in [-0.15, -0.1) is 0 Å². The summed E-state index contributed by atoms with van der Waals surface area (Å²) in [5.41, 5.74) is 20.5. The first-order valence-electron chi connectivity index (χ1n) is 44.3. The van der Waals surface area contributed by atoms with Gasteiger partial charge in [0.15, 0.2) is 17.0 Å². The monoisotopic (exact) mass is 1710 g/mol. The molecular weight excluding hydrogens is 1590 g/mol. The molecule has 2 bridgehead atoms. The van der Waals surface area contributed by atoms with Crippen LogP contribution < -0.4 is 16.4 Å². The number of hydrogen-bond acceptors (Lipinski definition) is 27. The third-order valence-corrected chi connectivity index (χ3v) is 26.3. The van der Waals surface area contributed by atoms with E-state index < -0.39 is 90.1 Å². The smallest absolute Gasteiger partial charge is 0.410 e. The maximum absolute atomic E-state index is 14.9. The molecule has 4 aromatic heterocycles. The molecule has 1 aliphatic carbocycles. The van der Waals surface area contributed by atoms with Crippen LogP contribution in [0.15, 0.2) is 107 Å². The molecule has 13 rings (SSSR count). The number of hydrogen-bond donors (Lipinski definition) is 4. The Morgan fingerprint density at radius 3 is 2.27 bits per heavy atom. The molecule has 4 saturated heterocycles. The topological polar surface area (TPSA) is 391 Å². The Kier molecular flexibility index (Phi) is 31.0. The van der Waals surface area contributed by atoms with E-state index in [1.165, 1.54) is 18.3 Å². The molecule has 5 fully saturated rings. The van der Waals surface area contributed by atoms with Crippen LogP contribution in [0.5, 0.6) is 0 Å². The SMILES string of the molecule is CO[C@H]1C[C@@H]2CC[C@@H](C)[C@@](O)(O2)C(=O)C(=O)N2CCCC[C@H]2C(=O)O[C@H]([C@H](C)C[C@@H]2CC[C@@H](OC(=O)N3CCN(C(=O)CCOCCN4CCN(c5ncc(C(=O)N6CCc7cc(Cn8nc(-c9ccc%10oc(N)nc%10c9)c9c(N)ncnc98)ccc7C6)cn5)CC4)CC3)[C@H](OC)C2)CC[C@H](C)/C=C(\C)[C@@H](O)[C@@H](OC)C(=O)[C@H](C)C[C@H](C)/C=C/C=C/C=C/1C. The van der Waals surface area contributed by atoms with Crippen molar-refractivity contribution in [2.45, 2.75) is 212 Å². The molecule has 6 aliphatic heterocycles.